The third-order valence-corrected chi connectivity index (χ3v) is 5.13. The van der Waals surface area contributed by atoms with Gasteiger partial charge in [-0.05, 0) is 44.2 Å². The number of nitrogens with one attached hydrogen (secondary N) is 2. The Morgan fingerprint density at radius 3 is 2.63 bits per heavy atom. The number of carbonyl (C=O) groups excluding carboxylic acids is 3. The van der Waals surface area contributed by atoms with Gasteiger partial charge in [-0.2, -0.15) is 0 Å². The molecular weight excluding hydrogens is 408 g/mol. The van der Waals surface area contributed by atoms with Crippen LogP contribution in [-0.4, -0.2) is 72.7 Å². The van der Waals surface area contributed by atoms with Gasteiger partial charge < -0.3 is 19.9 Å². The van der Waals surface area contributed by atoms with Crippen LogP contribution in [-0.2, 0) is 4.79 Å². The Kier molecular flexibility index (Phi) is 7.12. The first kappa shape index (κ1) is 21.9. The van der Waals surface area contributed by atoms with Crippen LogP contribution in [0.5, 0.6) is 5.75 Å². The third-order valence-electron chi connectivity index (χ3n) is 4.89. The lowest BCUT2D eigenvalue weighted by Gasteiger charge is -2.16. The van der Waals surface area contributed by atoms with Crippen LogP contribution in [0.15, 0.2) is 30.5 Å². The zero-order valence-electron chi connectivity index (χ0n) is 17.0. The molecule has 1 aliphatic heterocycles. The van der Waals surface area contributed by atoms with Crippen molar-refractivity contribution in [3.63, 3.8) is 0 Å². The average Bonchev–Trinajstić information content (AvgIpc) is 3.39. The molecule has 2 N–H and O–H groups in total. The SMILES string of the molecule is COc1ccc(Cl)cc1NC(=O)CN(C)CC(=O)c1c[nH]c(C(=O)N2CCCC2)c1. The number of anilines is 1. The number of aromatic amines is 1. The predicted octanol–water partition coefficient (Wildman–Crippen LogP) is 2.67. The van der Waals surface area contributed by atoms with Gasteiger partial charge in [0, 0.05) is 29.9 Å². The Morgan fingerprint density at radius 1 is 1.20 bits per heavy atom. The number of rotatable bonds is 8. The molecule has 30 heavy (non-hydrogen) atoms. The van der Waals surface area contributed by atoms with Crippen LogP contribution >= 0.6 is 11.6 Å². The Hall–Kier alpha value is -2.84. The van der Waals surface area contributed by atoms with Crippen molar-refractivity contribution >= 4 is 34.9 Å². The van der Waals surface area contributed by atoms with E-state index in [9.17, 15) is 14.4 Å². The number of amides is 2. The summed E-state index contributed by atoms with van der Waals surface area (Å²) in [6.45, 7) is 1.54. The van der Waals surface area contributed by atoms with Gasteiger partial charge >= 0.3 is 0 Å². The maximum Gasteiger partial charge on any atom is 0.270 e. The van der Waals surface area contributed by atoms with Crippen LogP contribution in [0, 0.1) is 0 Å². The predicted molar refractivity (Wildman–Crippen MR) is 114 cm³/mol. The summed E-state index contributed by atoms with van der Waals surface area (Å²) in [7, 11) is 3.18. The van der Waals surface area contributed by atoms with Crippen molar-refractivity contribution in [2.24, 2.45) is 0 Å². The van der Waals surface area contributed by atoms with Crippen LogP contribution in [0.25, 0.3) is 0 Å². The zero-order chi connectivity index (χ0) is 21.7. The summed E-state index contributed by atoms with van der Waals surface area (Å²) in [5.41, 5.74) is 1.29. The number of hydrogen-bond donors (Lipinski definition) is 2. The summed E-state index contributed by atoms with van der Waals surface area (Å²) in [4.78, 5) is 43.6. The molecule has 0 aliphatic carbocycles. The first-order chi connectivity index (χ1) is 14.4. The summed E-state index contributed by atoms with van der Waals surface area (Å²) >= 11 is 5.97. The van der Waals surface area contributed by atoms with Crippen LogP contribution in [0.1, 0.15) is 33.7 Å². The van der Waals surface area contributed by atoms with E-state index in [-0.39, 0.29) is 30.7 Å². The highest BCUT2D eigenvalue weighted by atomic mass is 35.5. The van der Waals surface area contributed by atoms with E-state index in [1.165, 1.54) is 13.3 Å². The lowest BCUT2D eigenvalue weighted by atomic mass is 10.2. The average molecular weight is 433 g/mol. The van der Waals surface area contributed by atoms with E-state index >= 15 is 0 Å². The number of ketones is 1. The number of benzene rings is 1. The molecule has 0 unspecified atom stereocenters. The first-order valence-corrected chi connectivity index (χ1v) is 10.1. The second-order valence-corrected chi connectivity index (χ2v) is 7.73. The number of carbonyl (C=O) groups is 3. The summed E-state index contributed by atoms with van der Waals surface area (Å²) in [6.07, 6.45) is 3.55. The third kappa shape index (κ3) is 5.40. The fraction of sp³-hybridized carbons (Fsp3) is 0.381. The quantitative estimate of drug-likeness (QED) is 0.625. The fourth-order valence-corrected chi connectivity index (χ4v) is 3.55. The number of nitrogens with zero attached hydrogens (tertiary/aromatic N) is 2. The van der Waals surface area contributed by atoms with E-state index in [1.807, 2.05) is 0 Å². The molecule has 2 aromatic rings. The van der Waals surface area contributed by atoms with Crippen LogP contribution in [0.3, 0.4) is 0 Å². The van der Waals surface area contributed by atoms with Gasteiger partial charge in [0.15, 0.2) is 5.78 Å². The van der Waals surface area contributed by atoms with E-state index in [0.717, 1.165) is 25.9 Å². The highest BCUT2D eigenvalue weighted by Crippen LogP contribution is 2.27. The number of methoxy groups -OCH3 is 1. The first-order valence-electron chi connectivity index (χ1n) is 9.70. The summed E-state index contributed by atoms with van der Waals surface area (Å²) < 4.78 is 5.21. The molecule has 3 rings (SSSR count). The number of hydrogen-bond acceptors (Lipinski definition) is 5. The molecule has 2 heterocycles. The van der Waals surface area contributed by atoms with E-state index in [4.69, 9.17) is 16.3 Å². The zero-order valence-corrected chi connectivity index (χ0v) is 17.8. The van der Waals surface area contributed by atoms with Gasteiger partial charge in [-0.3, -0.25) is 19.3 Å². The Morgan fingerprint density at radius 2 is 1.93 bits per heavy atom. The number of aromatic nitrogens is 1. The summed E-state index contributed by atoms with van der Waals surface area (Å²) in [5.74, 6) is -0.0732. The number of likely N-dealkylation sites (N-methyl/N-ethyl adjacent to an activating group) is 1. The number of ether oxygens (including phenoxy) is 1. The van der Waals surface area contributed by atoms with Crippen molar-refractivity contribution in [3.8, 4) is 5.75 Å². The lowest BCUT2D eigenvalue weighted by molar-refractivity contribution is -0.116. The van der Waals surface area contributed by atoms with E-state index < -0.39 is 0 Å². The lowest BCUT2D eigenvalue weighted by Crippen LogP contribution is -2.34. The van der Waals surface area contributed by atoms with Crippen LogP contribution in [0.4, 0.5) is 5.69 Å². The van der Waals surface area contributed by atoms with Gasteiger partial charge in [0.25, 0.3) is 5.91 Å². The Labute approximate surface area is 180 Å². The molecular formula is C21H25ClN4O4. The van der Waals surface area contributed by atoms with Crippen molar-refractivity contribution in [2.45, 2.75) is 12.8 Å². The topological polar surface area (TPSA) is 94.7 Å². The monoisotopic (exact) mass is 432 g/mol. The van der Waals surface area contributed by atoms with Crippen molar-refractivity contribution in [1.82, 2.24) is 14.8 Å². The number of halogens is 1. The van der Waals surface area contributed by atoms with Crippen molar-refractivity contribution < 1.29 is 19.1 Å². The van der Waals surface area contributed by atoms with Gasteiger partial charge in [0.1, 0.15) is 11.4 Å². The van der Waals surface area contributed by atoms with Gasteiger partial charge in [0.05, 0.1) is 25.9 Å². The number of likely N-dealkylation sites (tertiary alicyclic amines) is 1. The highest BCUT2D eigenvalue weighted by molar-refractivity contribution is 6.31. The molecule has 8 nitrogen and oxygen atoms in total. The van der Waals surface area contributed by atoms with Crippen LogP contribution < -0.4 is 10.1 Å². The molecule has 1 aliphatic rings. The molecule has 0 radical (unpaired) electrons. The van der Waals surface area contributed by atoms with Gasteiger partial charge in [-0.15, -0.1) is 0 Å². The molecule has 160 valence electrons. The van der Waals surface area contributed by atoms with Crippen molar-refractivity contribution in [1.29, 1.82) is 0 Å². The second kappa shape index (κ2) is 9.77. The summed E-state index contributed by atoms with van der Waals surface area (Å²) in [6, 6.07) is 6.51. The molecule has 0 saturated carbocycles. The molecule has 0 atom stereocenters. The number of Topliss-reactive ketones (excluding diaryl/α,β-unsaturated/α-hetero) is 1. The fourth-order valence-electron chi connectivity index (χ4n) is 3.37. The number of H-pyrrole nitrogens is 1. The minimum Gasteiger partial charge on any atom is -0.495 e. The maximum absolute atomic E-state index is 12.5. The molecule has 9 heteroatoms. The molecule has 1 aromatic carbocycles. The smallest absolute Gasteiger partial charge is 0.270 e. The van der Waals surface area contributed by atoms with Crippen molar-refractivity contribution in [2.75, 3.05) is 45.7 Å². The molecule has 1 saturated heterocycles. The van der Waals surface area contributed by atoms with Crippen LogP contribution in [0.2, 0.25) is 5.02 Å². The maximum atomic E-state index is 12.5. The molecule has 0 bridgehead atoms. The van der Waals surface area contributed by atoms with Gasteiger partial charge in [0.2, 0.25) is 5.91 Å². The van der Waals surface area contributed by atoms with E-state index in [0.29, 0.717) is 27.7 Å². The summed E-state index contributed by atoms with van der Waals surface area (Å²) in [5, 5.41) is 3.21. The largest absolute Gasteiger partial charge is 0.495 e. The highest BCUT2D eigenvalue weighted by Gasteiger charge is 2.22. The molecule has 1 fully saturated rings. The van der Waals surface area contributed by atoms with E-state index in [2.05, 4.69) is 10.3 Å². The van der Waals surface area contributed by atoms with E-state index in [1.54, 1.807) is 41.1 Å². The minimum atomic E-state index is -0.301. The second-order valence-electron chi connectivity index (χ2n) is 7.29. The Balaban J connectivity index is 1.54. The van der Waals surface area contributed by atoms with Gasteiger partial charge in [-0.1, -0.05) is 11.6 Å². The molecule has 1 aromatic heterocycles. The normalized spacial score (nSPS) is 13.5. The van der Waals surface area contributed by atoms with Crippen molar-refractivity contribution in [3.05, 3.63) is 46.7 Å². The van der Waals surface area contributed by atoms with Gasteiger partial charge in [-0.25, -0.2) is 0 Å². The Bertz CT molecular complexity index is 937. The standard InChI is InChI=1S/C21H25ClN4O4/c1-25(13-20(28)24-16-10-15(22)5-6-19(16)30-2)12-18(27)14-9-17(23-11-14)21(29)26-7-3-4-8-26/h5-6,9-11,23H,3-4,7-8,12-13H2,1-2H3,(H,24,28). The molecule has 0 spiro atoms. The minimum absolute atomic E-state index is 0.00535. The molecule has 2 amide bonds.